The molecule has 1 N–H and O–H groups in total. The van der Waals surface area contributed by atoms with E-state index in [1.165, 1.54) is 0 Å². The van der Waals surface area contributed by atoms with Gasteiger partial charge in [-0.3, -0.25) is 4.90 Å². The predicted molar refractivity (Wildman–Crippen MR) is 80.9 cm³/mol. The van der Waals surface area contributed by atoms with Crippen molar-refractivity contribution in [2.24, 2.45) is 0 Å². The number of piperazine rings is 1. The Kier molecular flexibility index (Phi) is 4.66. The van der Waals surface area contributed by atoms with Gasteiger partial charge in [-0.15, -0.1) is 0 Å². The van der Waals surface area contributed by atoms with Crippen LogP contribution in [0.4, 0.5) is 5.82 Å². The minimum absolute atomic E-state index is 0.513. The molecule has 4 nitrogen and oxygen atoms in total. The lowest BCUT2D eigenvalue weighted by molar-refractivity contribution is 0.169. The van der Waals surface area contributed by atoms with Crippen LogP contribution in [0.25, 0.3) is 0 Å². The van der Waals surface area contributed by atoms with Crippen molar-refractivity contribution >= 4 is 17.4 Å². The van der Waals surface area contributed by atoms with E-state index < -0.39 is 0 Å². The lowest BCUT2D eigenvalue weighted by atomic mass is 10.1. The van der Waals surface area contributed by atoms with Gasteiger partial charge in [-0.25, -0.2) is 4.98 Å². The van der Waals surface area contributed by atoms with Crippen LogP contribution in [0.1, 0.15) is 19.4 Å². The van der Waals surface area contributed by atoms with Crippen molar-refractivity contribution in [1.82, 2.24) is 15.2 Å². The van der Waals surface area contributed by atoms with Gasteiger partial charge in [0.15, 0.2) is 0 Å². The SMILES string of the molecule is CNCc1cnc(N2CC(C)N(C)C(C)C2)c(Cl)c1. The summed E-state index contributed by atoms with van der Waals surface area (Å²) in [6, 6.07) is 3.03. The molecule has 2 heterocycles. The first-order chi connectivity index (χ1) is 9.02. The Balaban J connectivity index is 2.18. The fraction of sp³-hybridized carbons (Fsp3) is 0.643. The van der Waals surface area contributed by atoms with Crippen LogP contribution in [0.2, 0.25) is 5.02 Å². The number of pyridine rings is 1. The highest BCUT2D eigenvalue weighted by atomic mass is 35.5. The number of hydrogen-bond acceptors (Lipinski definition) is 4. The van der Waals surface area contributed by atoms with E-state index in [1.807, 2.05) is 19.3 Å². The smallest absolute Gasteiger partial charge is 0.147 e. The first kappa shape index (κ1) is 14.6. The summed E-state index contributed by atoms with van der Waals surface area (Å²) in [5, 5.41) is 3.86. The van der Waals surface area contributed by atoms with E-state index in [0.717, 1.165) is 36.0 Å². The van der Waals surface area contributed by atoms with Crippen molar-refractivity contribution in [3.05, 3.63) is 22.8 Å². The second-order valence-corrected chi connectivity index (χ2v) is 5.86. The van der Waals surface area contributed by atoms with E-state index in [9.17, 15) is 0 Å². The molecule has 2 rings (SSSR count). The van der Waals surface area contributed by atoms with E-state index in [2.05, 4.69) is 41.0 Å². The maximum Gasteiger partial charge on any atom is 0.147 e. The van der Waals surface area contributed by atoms with Crippen LogP contribution in [0.5, 0.6) is 0 Å². The van der Waals surface area contributed by atoms with Crippen LogP contribution in [0.3, 0.4) is 0 Å². The lowest BCUT2D eigenvalue weighted by Crippen LogP contribution is -2.55. The molecule has 0 aliphatic carbocycles. The van der Waals surface area contributed by atoms with Gasteiger partial charge in [0.1, 0.15) is 5.82 Å². The van der Waals surface area contributed by atoms with Gasteiger partial charge in [-0.2, -0.15) is 0 Å². The van der Waals surface area contributed by atoms with E-state index in [1.54, 1.807) is 0 Å². The fourth-order valence-corrected chi connectivity index (χ4v) is 2.89. The minimum atomic E-state index is 0.513. The minimum Gasteiger partial charge on any atom is -0.352 e. The number of rotatable bonds is 3. The normalized spacial score (nSPS) is 24.8. The number of aromatic nitrogens is 1. The zero-order valence-corrected chi connectivity index (χ0v) is 12.9. The molecule has 5 heteroatoms. The monoisotopic (exact) mass is 282 g/mol. The number of anilines is 1. The zero-order valence-electron chi connectivity index (χ0n) is 12.2. The molecule has 0 amide bonds. The molecule has 1 saturated heterocycles. The first-order valence-corrected chi connectivity index (χ1v) is 7.16. The van der Waals surface area contributed by atoms with Crippen molar-refractivity contribution in [3.8, 4) is 0 Å². The van der Waals surface area contributed by atoms with E-state index in [4.69, 9.17) is 11.6 Å². The Morgan fingerprint density at radius 2 is 2.00 bits per heavy atom. The van der Waals surface area contributed by atoms with E-state index in [-0.39, 0.29) is 0 Å². The molecule has 0 spiro atoms. The highest BCUT2D eigenvalue weighted by Gasteiger charge is 2.28. The van der Waals surface area contributed by atoms with Gasteiger partial charge >= 0.3 is 0 Å². The molecule has 1 aromatic heterocycles. The molecule has 0 bridgehead atoms. The van der Waals surface area contributed by atoms with Gasteiger partial charge in [0.25, 0.3) is 0 Å². The lowest BCUT2D eigenvalue weighted by Gasteiger charge is -2.43. The number of halogens is 1. The summed E-state index contributed by atoms with van der Waals surface area (Å²) in [4.78, 5) is 9.24. The van der Waals surface area contributed by atoms with E-state index >= 15 is 0 Å². The first-order valence-electron chi connectivity index (χ1n) is 6.78. The zero-order chi connectivity index (χ0) is 14.0. The summed E-state index contributed by atoms with van der Waals surface area (Å²) >= 11 is 6.38. The molecular weight excluding hydrogens is 260 g/mol. The van der Waals surface area contributed by atoms with Crippen molar-refractivity contribution in [3.63, 3.8) is 0 Å². The largest absolute Gasteiger partial charge is 0.352 e. The van der Waals surface area contributed by atoms with Crippen molar-refractivity contribution in [2.75, 3.05) is 32.1 Å². The van der Waals surface area contributed by atoms with Crippen LogP contribution in [0.15, 0.2) is 12.3 Å². The maximum atomic E-state index is 6.38. The van der Waals surface area contributed by atoms with Crippen LogP contribution >= 0.6 is 11.6 Å². The number of nitrogens with zero attached hydrogens (tertiary/aromatic N) is 3. The third kappa shape index (κ3) is 3.19. The summed E-state index contributed by atoms with van der Waals surface area (Å²) < 4.78 is 0. The number of likely N-dealkylation sites (N-methyl/N-ethyl adjacent to an activating group) is 1. The summed E-state index contributed by atoms with van der Waals surface area (Å²) in [5.74, 6) is 0.910. The van der Waals surface area contributed by atoms with Crippen molar-refractivity contribution in [2.45, 2.75) is 32.5 Å². The highest BCUT2D eigenvalue weighted by molar-refractivity contribution is 6.33. The third-order valence-electron chi connectivity index (χ3n) is 3.92. The standard InChI is InChI=1S/C14H23ClN4/c1-10-8-19(9-11(2)18(10)4)14-13(15)5-12(6-16-3)7-17-14/h5,7,10-11,16H,6,8-9H2,1-4H3. The van der Waals surface area contributed by atoms with Crippen LogP contribution < -0.4 is 10.2 Å². The average Bonchev–Trinajstić information content (AvgIpc) is 2.36. The molecule has 1 fully saturated rings. The molecule has 0 saturated carbocycles. The molecule has 106 valence electrons. The van der Waals surface area contributed by atoms with Crippen molar-refractivity contribution < 1.29 is 0 Å². The molecule has 2 unspecified atom stereocenters. The topological polar surface area (TPSA) is 31.4 Å². The van der Waals surface area contributed by atoms with Crippen LogP contribution in [0, 0.1) is 0 Å². The van der Waals surface area contributed by atoms with E-state index in [0.29, 0.717) is 12.1 Å². The Hall–Kier alpha value is -0.840. The van der Waals surface area contributed by atoms with Crippen molar-refractivity contribution in [1.29, 1.82) is 0 Å². The van der Waals surface area contributed by atoms with Gasteiger partial charge < -0.3 is 10.2 Å². The second-order valence-electron chi connectivity index (χ2n) is 5.45. The molecule has 0 radical (unpaired) electrons. The Morgan fingerprint density at radius 1 is 1.37 bits per heavy atom. The summed E-state index contributed by atoms with van der Waals surface area (Å²) in [7, 11) is 4.10. The van der Waals surface area contributed by atoms with Gasteiger partial charge in [0.2, 0.25) is 0 Å². The molecule has 1 aromatic rings. The quantitative estimate of drug-likeness (QED) is 0.919. The second kappa shape index (κ2) is 6.07. The Bertz CT molecular complexity index is 425. The molecule has 1 aliphatic heterocycles. The van der Waals surface area contributed by atoms with Gasteiger partial charge in [-0.1, -0.05) is 11.6 Å². The summed E-state index contributed by atoms with van der Waals surface area (Å²) in [5.41, 5.74) is 1.12. The Labute approximate surface area is 120 Å². The molecule has 19 heavy (non-hydrogen) atoms. The molecular formula is C14H23ClN4. The highest BCUT2D eigenvalue weighted by Crippen LogP contribution is 2.27. The molecule has 1 aliphatic rings. The van der Waals surface area contributed by atoms with Gasteiger partial charge in [0, 0.05) is 37.9 Å². The number of nitrogens with one attached hydrogen (secondary N) is 1. The summed E-state index contributed by atoms with van der Waals surface area (Å²) in [6.45, 7) is 7.22. The van der Waals surface area contributed by atoms with Gasteiger partial charge in [-0.05, 0) is 39.6 Å². The molecule has 0 aromatic carbocycles. The molecule has 2 atom stereocenters. The fourth-order valence-electron chi connectivity index (χ4n) is 2.58. The van der Waals surface area contributed by atoms with Gasteiger partial charge in [0.05, 0.1) is 5.02 Å². The predicted octanol–water partition coefficient (Wildman–Crippen LogP) is 1.98. The third-order valence-corrected chi connectivity index (χ3v) is 4.20. The average molecular weight is 283 g/mol. The number of hydrogen-bond donors (Lipinski definition) is 1. The van der Waals surface area contributed by atoms with Crippen LogP contribution in [-0.2, 0) is 6.54 Å². The maximum absolute atomic E-state index is 6.38. The summed E-state index contributed by atoms with van der Waals surface area (Å²) in [6.07, 6.45) is 1.91. The Morgan fingerprint density at radius 3 is 2.53 bits per heavy atom. The van der Waals surface area contributed by atoms with Crippen LogP contribution in [-0.4, -0.2) is 49.2 Å².